The van der Waals surface area contributed by atoms with Crippen LogP contribution in [-0.2, 0) is 4.74 Å². The van der Waals surface area contributed by atoms with Crippen molar-refractivity contribution in [2.75, 3.05) is 6.61 Å². The number of benzene rings is 1. The number of ether oxygens (including phenoxy) is 1. The highest BCUT2D eigenvalue weighted by Crippen LogP contribution is 2.19. The first-order chi connectivity index (χ1) is 6.15. The highest BCUT2D eigenvalue weighted by atomic mass is 16.5. The van der Waals surface area contributed by atoms with Gasteiger partial charge in [-0.25, -0.2) is 0 Å². The van der Waals surface area contributed by atoms with Gasteiger partial charge in [0.1, 0.15) is 5.76 Å². The molecule has 0 aromatic heterocycles. The molecule has 0 aliphatic carbocycles. The van der Waals surface area contributed by atoms with Crippen molar-refractivity contribution in [3.8, 4) is 0 Å². The minimum Gasteiger partial charge on any atom is -0.494 e. The second kappa shape index (κ2) is 4.13. The molecule has 13 heavy (non-hydrogen) atoms. The molecule has 0 aliphatic rings. The van der Waals surface area contributed by atoms with Gasteiger partial charge < -0.3 is 4.74 Å². The first-order valence-corrected chi connectivity index (χ1v) is 4.54. The van der Waals surface area contributed by atoms with Crippen molar-refractivity contribution in [2.24, 2.45) is 0 Å². The van der Waals surface area contributed by atoms with E-state index in [-0.39, 0.29) is 0 Å². The van der Waals surface area contributed by atoms with Crippen LogP contribution < -0.4 is 0 Å². The highest BCUT2D eigenvalue weighted by molar-refractivity contribution is 5.61. The summed E-state index contributed by atoms with van der Waals surface area (Å²) in [5.74, 6) is 0.764. The summed E-state index contributed by atoms with van der Waals surface area (Å²) in [5, 5.41) is 0. The van der Waals surface area contributed by atoms with Crippen LogP contribution in [0.4, 0.5) is 0 Å². The zero-order valence-corrected chi connectivity index (χ0v) is 8.55. The lowest BCUT2D eigenvalue weighted by Crippen LogP contribution is -1.93. The van der Waals surface area contributed by atoms with Crippen molar-refractivity contribution in [3.05, 3.63) is 41.5 Å². The molecule has 0 heterocycles. The van der Waals surface area contributed by atoms with Crippen molar-refractivity contribution in [3.63, 3.8) is 0 Å². The van der Waals surface area contributed by atoms with Crippen molar-refractivity contribution >= 4 is 5.76 Å². The molecule has 0 saturated heterocycles. The molecule has 0 atom stereocenters. The van der Waals surface area contributed by atoms with E-state index >= 15 is 0 Å². The van der Waals surface area contributed by atoms with Gasteiger partial charge in [0, 0.05) is 5.56 Å². The molecule has 0 saturated carbocycles. The lowest BCUT2D eigenvalue weighted by atomic mass is 10.0. The molecule has 0 N–H and O–H groups in total. The molecule has 1 aromatic carbocycles. The number of rotatable bonds is 3. The molecule has 70 valence electrons. The predicted octanol–water partition coefficient (Wildman–Crippen LogP) is 3.31. The largest absolute Gasteiger partial charge is 0.494 e. The van der Waals surface area contributed by atoms with E-state index in [2.05, 4.69) is 38.6 Å². The van der Waals surface area contributed by atoms with E-state index in [1.54, 1.807) is 0 Å². The quantitative estimate of drug-likeness (QED) is 0.642. The molecule has 0 radical (unpaired) electrons. The van der Waals surface area contributed by atoms with Crippen LogP contribution in [0.5, 0.6) is 0 Å². The molecule has 0 bridgehead atoms. The van der Waals surface area contributed by atoms with Crippen LogP contribution >= 0.6 is 0 Å². The third-order valence-corrected chi connectivity index (χ3v) is 2.00. The second-order valence-electron chi connectivity index (χ2n) is 3.17. The molecule has 1 aromatic rings. The van der Waals surface area contributed by atoms with Crippen LogP contribution in [0.1, 0.15) is 23.6 Å². The van der Waals surface area contributed by atoms with Crippen LogP contribution in [0.15, 0.2) is 24.8 Å². The maximum absolute atomic E-state index is 5.35. The Kier molecular flexibility index (Phi) is 3.13. The normalized spacial score (nSPS) is 9.77. The Morgan fingerprint density at radius 1 is 1.38 bits per heavy atom. The molecule has 0 unspecified atom stereocenters. The van der Waals surface area contributed by atoms with E-state index in [1.165, 1.54) is 11.1 Å². The highest BCUT2D eigenvalue weighted by Gasteiger charge is 2.02. The van der Waals surface area contributed by atoms with Gasteiger partial charge in [-0.2, -0.15) is 0 Å². The summed E-state index contributed by atoms with van der Waals surface area (Å²) in [6, 6.07) is 6.27. The van der Waals surface area contributed by atoms with E-state index < -0.39 is 0 Å². The van der Waals surface area contributed by atoms with E-state index in [0.717, 1.165) is 11.3 Å². The summed E-state index contributed by atoms with van der Waals surface area (Å²) in [6.07, 6.45) is 0. The molecule has 0 fully saturated rings. The lowest BCUT2D eigenvalue weighted by Gasteiger charge is -2.10. The molecule has 0 aliphatic heterocycles. The monoisotopic (exact) mass is 176 g/mol. The van der Waals surface area contributed by atoms with Gasteiger partial charge in [-0.3, -0.25) is 0 Å². The van der Waals surface area contributed by atoms with E-state index in [4.69, 9.17) is 4.74 Å². The number of hydrogen-bond acceptors (Lipinski definition) is 1. The van der Waals surface area contributed by atoms with Crippen molar-refractivity contribution in [1.82, 2.24) is 0 Å². The SMILES string of the molecule is C=C(OCC)c1ccc(C)cc1C. The van der Waals surface area contributed by atoms with Crippen LogP contribution in [-0.4, -0.2) is 6.61 Å². The predicted molar refractivity (Wildman–Crippen MR) is 56.6 cm³/mol. The first kappa shape index (κ1) is 9.85. The standard InChI is InChI=1S/C12H16O/c1-5-13-11(4)12-7-6-9(2)8-10(12)3/h6-8H,4-5H2,1-3H3. The minimum absolute atomic E-state index is 0.673. The Hall–Kier alpha value is -1.24. The zero-order valence-electron chi connectivity index (χ0n) is 8.55. The summed E-state index contributed by atoms with van der Waals surface area (Å²) < 4.78 is 5.35. The zero-order chi connectivity index (χ0) is 9.84. The fraction of sp³-hybridized carbons (Fsp3) is 0.333. The molecule has 1 nitrogen and oxygen atoms in total. The lowest BCUT2D eigenvalue weighted by molar-refractivity contribution is 0.299. The fourth-order valence-electron chi connectivity index (χ4n) is 1.38. The third-order valence-electron chi connectivity index (χ3n) is 2.00. The Morgan fingerprint density at radius 3 is 2.62 bits per heavy atom. The topological polar surface area (TPSA) is 9.23 Å². The van der Waals surface area contributed by atoms with Gasteiger partial charge in [0.25, 0.3) is 0 Å². The average Bonchev–Trinajstić information content (AvgIpc) is 2.04. The summed E-state index contributed by atoms with van der Waals surface area (Å²) in [7, 11) is 0. The van der Waals surface area contributed by atoms with Gasteiger partial charge in [-0.1, -0.05) is 30.3 Å². The van der Waals surface area contributed by atoms with Gasteiger partial charge in [-0.05, 0) is 26.3 Å². The maximum Gasteiger partial charge on any atom is 0.119 e. The van der Waals surface area contributed by atoms with Gasteiger partial charge in [0.15, 0.2) is 0 Å². The first-order valence-electron chi connectivity index (χ1n) is 4.54. The molecular formula is C12H16O. The Morgan fingerprint density at radius 2 is 2.08 bits per heavy atom. The van der Waals surface area contributed by atoms with Gasteiger partial charge in [-0.15, -0.1) is 0 Å². The smallest absolute Gasteiger partial charge is 0.119 e. The van der Waals surface area contributed by atoms with Gasteiger partial charge >= 0.3 is 0 Å². The van der Waals surface area contributed by atoms with Crippen LogP contribution in [0.3, 0.4) is 0 Å². The van der Waals surface area contributed by atoms with Crippen LogP contribution in [0, 0.1) is 13.8 Å². The summed E-state index contributed by atoms with van der Waals surface area (Å²) in [4.78, 5) is 0. The van der Waals surface area contributed by atoms with E-state index in [1.807, 2.05) is 6.92 Å². The molecule has 0 amide bonds. The summed E-state index contributed by atoms with van der Waals surface area (Å²) >= 11 is 0. The average molecular weight is 176 g/mol. The summed E-state index contributed by atoms with van der Waals surface area (Å²) in [5.41, 5.74) is 3.59. The van der Waals surface area contributed by atoms with E-state index in [0.29, 0.717) is 6.61 Å². The van der Waals surface area contributed by atoms with Crippen molar-refractivity contribution in [1.29, 1.82) is 0 Å². The number of hydrogen-bond donors (Lipinski definition) is 0. The Labute approximate surface area is 80.0 Å². The van der Waals surface area contributed by atoms with Gasteiger partial charge in [0.2, 0.25) is 0 Å². The number of aryl methyl sites for hydroxylation is 2. The molecule has 1 heteroatoms. The summed E-state index contributed by atoms with van der Waals surface area (Å²) in [6.45, 7) is 10.7. The fourth-order valence-corrected chi connectivity index (χ4v) is 1.38. The molecule has 1 rings (SSSR count). The Bertz CT molecular complexity index is 313. The second-order valence-corrected chi connectivity index (χ2v) is 3.17. The molecular weight excluding hydrogens is 160 g/mol. The van der Waals surface area contributed by atoms with Crippen molar-refractivity contribution in [2.45, 2.75) is 20.8 Å². The third kappa shape index (κ3) is 2.35. The minimum atomic E-state index is 0.673. The Balaban J connectivity index is 2.95. The van der Waals surface area contributed by atoms with Crippen LogP contribution in [0.2, 0.25) is 0 Å². The van der Waals surface area contributed by atoms with Crippen molar-refractivity contribution < 1.29 is 4.74 Å². The van der Waals surface area contributed by atoms with Crippen LogP contribution in [0.25, 0.3) is 5.76 Å². The van der Waals surface area contributed by atoms with Gasteiger partial charge in [0.05, 0.1) is 6.61 Å². The molecule has 0 spiro atoms. The maximum atomic E-state index is 5.35. The van der Waals surface area contributed by atoms with E-state index in [9.17, 15) is 0 Å².